The fourth-order valence-corrected chi connectivity index (χ4v) is 1.85. The number of pyridine rings is 1. The highest BCUT2D eigenvalue weighted by Crippen LogP contribution is 2.16. The summed E-state index contributed by atoms with van der Waals surface area (Å²) in [4.78, 5) is 20.0. The van der Waals surface area contributed by atoms with Gasteiger partial charge in [0.2, 0.25) is 0 Å². The van der Waals surface area contributed by atoms with Crippen LogP contribution in [-0.2, 0) is 0 Å². The molecule has 4 nitrogen and oxygen atoms in total. The Balaban J connectivity index is 1.97. The quantitative estimate of drug-likeness (QED) is 0.819. The highest BCUT2D eigenvalue weighted by molar-refractivity contribution is 9.10. The molecule has 0 aromatic carbocycles. The molecule has 1 aliphatic heterocycles. The van der Waals surface area contributed by atoms with Gasteiger partial charge in [-0.25, -0.2) is 4.98 Å². The van der Waals surface area contributed by atoms with Gasteiger partial charge in [-0.1, -0.05) is 0 Å². The molecule has 0 aliphatic carbocycles. The Morgan fingerprint density at radius 1 is 1.50 bits per heavy atom. The summed E-state index contributed by atoms with van der Waals surface area (Å²) >= 11 is 3.30. The third-order valence-electron chi connectivity index (χ3n) is 2.83. The van der Waals surface area contributed by atoms with Crippen LogP contribution >= 0.6 is 15.9 Å². The van der Waals surface area contributed by atoms with Gasteiger partial charge in [-0.2, -0.15) is 0 Å². The third-order valence-corrected chi connectivity index (χ3v) is 3.30. The largest absolute Gasteiger partial charge is 0.334 e. The second-order valence-corrected chi connectivity index (χ2v) is 5.10. The molecule has 0 unspecified atom stereocenters. The molecular formula is C11H14BrN3O. The lowest BCUT2D eigenvalue weighted by molar-refractivity contribution is 0.0394. The minimum atomic E-state index is 0.0191. The van der Waals surface area contributed by atoms with Crippen molar-refractivity contribution in [1.29, 1.82) is 0 Å². The Labute approximate surface area is 103 Å². The maximum Gasteiger partial charge on any atom is 0.272 e. The Morgan fingerprint density at radius 3 is 2.69 bits per heavy atom. The van der Waals surface area contributed by atoms with Gasteiger partial charge in [-0.15, -0.1) is 0 Å². The van der Waals surface area contributed by atoms with Crippen LogP contribution in [0.25, 0.3) is 0 Å². The second-order valence-electron chi connectivity index (χ2n) is 4.19. The van der Waals surface area contributed by atoms with Gasteiger partial charge in [0.15, 0.2) is 0 Å². The lowest BCUT2D eigenvalue weighted by Gasteiger charge is -2.42. The van der Waals surface area contributed by atoms with E-state index in [2.05, 4.69) is 25.8 Å². The summed E-state index contributed by atoms with van der Waals surface area (Å²) in [6.45, 7) is 1.59. The molecule has 1 fully saturated rings. The van der Waals surface area contributed by atoms with Crippen LogP contribution in [0.5, 0.6) is 0 Å². The number of halogens is 1. The summed E-state index contributed by atoms with van der Waals surface area (Å²) in [6, 6.07) is 4.07. The van der Waals surface area contributed by atoms with Crippen molar-refractivity contribution in [3.05, 3.63) is 28.5 Å². The van der Waals surface area contributed by atoms with E-state index in [0.29, 0.717) is 11.7 Å². The number of amides is 1. The molecule has 16 heavy (non-hydrogen) atoms. The van der Waals surface area contributed by atoms with Gasteiger partial charge in [0.25, 0.3) is 5.91 Å². The molecule has 0 bridgehead atoms. The summed E-state index contributed by atoms with van der Waals surface area (Å²) in [7, 11) is 4.06. The van der Waals surface area contributed by atoms with Crippen molar-refractivity contribution in [2.75, 3.05) is 27.2 Å². The summed E-state index contributed by atoms with van der Waals surface area (Å²) in [5, 5.41) is 0. The van der Waals surface area contributed by atoms with E-state index in [1.165, 1.54) is 0 Å². The third kappa shape index (κ3) is 2.25. The first-order valence-electron chi connectivity index (χ1n) is 5.15. The Hall–Kier alpha value is -0.940. The molecule has 2 heterocycles. The number of aromatic nitrogens is 1. The van der Waals surface area contributed by atoms with Gasteiger partial charge in [0.05, 0.1) is 0 Å². The van der Waals surface area contributed by atoms with Crippen LogP contribution in [-0.4, -0.2) is 53.9 Å². The maximum atomic E-state index is 11.9. The minimum absolute atomic E-state index is 0.0191. The zero-order chi connectivity index (χ0) is 11.7. The molecule has 86 valence electrons. The summed E-state index contributed by atoms with van der Waals surface area (Å²) in [6.07, 6.45) is 1.65. The van der Waals surface area contributed by atoms with E-state index in [1.807, 2.05) is 25.1 Å². The van der Waals surface area contributed by atoms with E-state index < -0.39 is 0 Å². The SMILES string of the molecule is CN(C)C1CN(C(=O)c2ccc(Br)cn2)C1. The predicted molar refractivity (Wildman–Crippen MR) is 65.3 cm³/mol. The first-order valence-corrected chi connectivity index (χ1v) is 5.94. The van der Waals surface area contributed by atoms with Gasteiger partial charge < -0.3 is 9.80 Å². The van der Waals surface area contributed by atoms with Gasteiger partial charge in [0, 0.05) is 29.8 Å². The summed E-state index contributed by atoms with van der Waals surface area (Å²) in [5.74, 6) is 0.0191. The highest BCUT2D eigenvalue weighted by Gasteiger charge is 2.32. The van der Waals surface area contributed by atoms with Gasteiger partial charge in [-0.3, -0.25) is 4.79 Å². The molecule has 1 saturated heterocycles. The number of hydrogen-bond acceptors (Lipinski definition) is 3. The van der Waals surface area contributed by atoms with E-state index >= 15 is 0 Å². The molecule has 1 aliphatic rings. The Kier molecular flexibility index (Phi) is 3.25. The lowest BCUT2D eigenvalue weighted by atomic mass is 10.1. The number of carbonyl (C=O) groups excluding carboxylic acids is 1. The summed E-state index contributed by atoms with van der Waals surface area (Å²) < 4.78 is 0.888. The van der Waals surface area contributed by atoms with E-state index in [-0.39, 0.29) is 5.91 Å². The first kappa shape index (κ1) is 11.5. The van der Waals surface area contributed by atoms with E-state index in [1.54, 1.807) is 12.3 Å². The number of carbonyl (C=O) groups is 1. The van der Waals surface area contributed by atoms with E-state index in [0.717, 1.165) is 17.6 Å². The fraction of sp³-hybridized carbons (Fsp3) is 0.455. The lowest BCUT2D eigenvalue weighted by Crippen LogP contribution is -2.59. The average Bonchev–Trinajstić information content (AvgIpc) is 2.15. The number of nitrogens with zero attached hydrogens (tertiary/aromatic N) is 3. The number of hydrogen-bond donors (Lipinski definition) is 0. The Bertz CT molecular complexity index is 385. The van der Waals surface area contributed by atoms with Crippen molar-refractivity contribution in [1.82, 2.24) is 14.8 Å². The topological polar surface area (TPSA) is 36.4 Å². The molecule has 0 saturated carbocycles. The molecular weight excluding hydrogens is 270 g/mol. The fourth-order valence-electron chi connectivity index (χ4n) is 1.61. The van der Waals surface area contributed by atoms with Crippen molar-refractivity contribution in [3.63, 3.8) is 0 Å². The molecule has 1 aromatic heterocycles. The highest BCUT2D eigenvalue weighted by atomic mass is 79.9. The average molecular weight is 284 g/mol. The number of rotatable bonds is 2. The zero-order valence-corrected chi connectivity index (χ0v) is 10.9. The standard InChI is InChI=1S/C11H14BrN3O/c1-14(2)9-6-15(7-9)11(16)10-4-3-8(12)5-13-10/h3-5,9H,6-7H2,1-2H3. The molecule has 0 atom stereocenters. The van der Waals surface area contributed by atoms with Crippen LogP contribution in [0, 0.1) is 0 Å². The molecule has 0 N–H and O–H groups in total. The molecule has 1 aromatic rings. The molecule has 5 heteroatoms. The first-order chi connectivity index (χ1) is 7.58. The normalized spacial score (nSPS) is 16.4. The van der Waals surface area contributed by atoms with Crippen LogP contribution in [0.4, 0.5) is 0 Å². The number of likely N-dealkylation sites (tertiary alicyclic amines) is 1. The van der Waals surface area contributed by atoms with E-state index in [4.69, 9.17) is 0 Å². The summed E-state index contributed by atoms with van der Waals surface area (Å²) in [5.41, 5.74) is 0.514. The van der Waals surface area contributed by atoms with Gasteiger partial charge in [0.1, 0.15) is 5.69 Å². The van der Waals surface area contributed by atoms with Crippen LogP contribution in [0.1, 0.15) is 10.5 Å². The monoisotopic (exact) mass is 283 g/mol. The van der Waals surface area contributed by atoms with Crippen molar-refractivity contribution in [2.24, 2.45) is 0 Å². The smallest absolute Gasteiger partial charge is 0.272 e. The molecule has 2 rings (SSSR count). The predicted octanol–water partition coefficient (Wildman–Crippen LogP) is 1.23. The second kappa shape index (κ2) is 4.51. The van der Waals surface area contributed by atoms with Crippen LogP contribution in [0.2, 0.25) is 0 Å². The maximum absolute atomic E-state index is 11.9. The molecule has 0 spiro atoms. The minimum Gasteiger partial charge on any atom is -0.334 e. The van der Waals surface area contributed by atoms with Crippen LogP contribution in [0.3, 0.4) is 0 Å². The molecule has 1 amide bonds. The van der Waals surface area contributed by atoms with Crippen LogP contribution in [0.15, 0.2) is 22.8 Å². The van der Waals surface area contributed by atoms with Crippen molar-refractivity contribution < 1.29 is 4.79 Å². The Morgan fingerprint density at radius 2 is 2.19 bits per heavy atom. The zero-order valence-electron chi connectivity index (χ0n) is 9.35. The van der Waals surface area contributed by atoms with Crippen molar-refractivity contribution in [3.8, 4) is 0 Å². The van der Waals surface area contributed by atoms with Gasteiger partial charge in [-0.05, 0) is 42.2 Å². The van der Waals surface area contributed by atoms with E-state index in [9.17, 15) is 4.79 Å². The van der Waals surface area contributed by atoms with Gasteiger partial charge >= 0.3 is 0 Å². The van der Waals surface area contributed by atoms with Crippen LogP contribution < -0.4 is 0 Å². The number of likely N-dealkylation sites (N-methyl/N-ethyl adjacent to an activating group) is 1. The van der Waals surface area contributed by atoms with Crippen molar-refractivity contribution >= 4 is 21.8 Å². The van der Waals surface area contributed by atoms with Crippen molar-refractivity contribution in [2.45, 2.75) is 6.04 Å². The molecule has 0 radical (unpaired) electrons.